The van der Waals surface area contributed by atoms with Crippen molar-refractivity contribution in [1.29, 1.82) is 0 Å². The van der Waals surface area contributed by atoms with Crippen LogP contribution in [0.3, 0.4) is 0 Å². The smallest absolute Gasteiger partial charge is 0.416 e. The van der Waals surface area contributed by atoms with Crippen molar-refractivity contribution in [1.82, 2.24) is 14.9 Å². The topological polar surface area (TPSA) is 87.6 Å². The highest BCUT2D eigenvalue weighted by atomic mass is 19.4. The highest BCUT2D eigenvalue weighted by molar-refractivity contribution is 5.88. The van der Waals surface area contributed by atoms with E-state index >= 15 is 0 Å². The Morgan fingerprint density at radius 3 is 2.63 bits per heavy atom. The molecule has 0 radical (unpaired) electrons. The number of amides is 2. The highest BCUT2D eigenvalue weighted by Gasteiger charge is 2.39. The van der Waals surface area contributed by atoms with Crippen molar-refractivity contribution >= 4 is 11.8 Å². The van der Waals surface area contributed by atoms with E-state index in [0.29, 0.717) is 0 Å². The van der Waals surface area contributed by atoms with Crippen molar-refractivity contribution in [3.8, 4) is 11.6 Å². The molecule has 1 atom stereocenters. The number of benzene rings is 1. The third-order valence-corrected chi connectivity index (χ3v) is 3.32. The zero-order chi connectivity index (χ0) is 20.0. The number of carbonyl (C=O) groups excluding carboxylic acids is 1. The van der Waals surface area contributed by atoms with E-state index in [2.05, 4.69) is 15.3 Å². The van der Waals surface area contributed by atoms with E-state index in [0.717, 1.165) is 23.4 Å². The van der Waals surface area contributed by atoms with Gasteiger partial charge in [-0.15, -0.1) is 0 Å². The van der Waals surface area contributed by atoms with Gasteiger partial charge in [-0.1, -0.05) is 6.07 Å². The molecule has 0 saturated heterocycles. The Kier molecular flexibility index (Phi) is 6.50. The maximum atomic E-state index is 13.1. The molecule has 1 aromatic heterocycles. The van der Waals surface area contributed by atoms with E-state index in [1.807, 2.05) is 0 Å². The number of likely N-dealkylation sites (N-methyl/N-ethyl adjacent to an activating group) is 1. The van der Waals surface area contributed by atoms with Gasteiger partial charge in [-0.05, 0) is 19.1 Å². The van der Waals surface area contributed by atoms with Crippen LogP contribution >= 0.6 is 0 Å². The number of anilines is 1. The molecule has 0 aliphatic rings. The number of carbonyl (C=O) groups is 1. The first kappa shape index (κ1) is 20.4. The van der Waals surface area contributed by atoms with Crippen LogP contribution < -0.4 is 10.1 Å². The second-order valence-electron chi connectivity index (χ2n) is 5.33. The minimum Gasteiger partial charge on any atom is -0.437 e. The molecule has 2 N–H and O–H groups in total. The number of aromatic nitrogens is 2. The molecule has 2 aromatic rings. The Balaban J connectivity index is 1.97. The molecule has 0 aliphatic heterocycles. The largest absolute Gasteiger partial charge is 0.437 e. The number of aliphatic hydroxyl groups is 1. The predicted octanol–water partition coefficient (Wildman–Crippen LogP) is 3.19. The van der Waals surface area contributed by atoms with Gasteiger partial charge in [-0.3, -0.25) is 5.32 Å². The summed E-state index contributed by atoms with van der Waals surface area (Å²) in [4.78, 5) is 20.5. The lowest BCUT2D eigenvalue weighted by Gasteiger charge is -2.25. The number of hydrogen-bond acceptors (Lipinski definition) is 5. The van der Waals surface area contributed by atoms with Gasteiger partial charge in [-0.2, -0.15) is 13.2 Å². The molecule has 0 spiro atoms. The number of nitrogens with zero attached hydrogens (tertiary/aromatic N) is 3. The van der Waals surface area contributed by atoms with Crippen molar-refractivity contribution < 1.29 is 32.2 Å². The Morgan fingerprint density at radius 1 is 1.33 bits per heavy atom. The molecule has 27 heavy (non-hydrogen) atoms. The summed E-state index contributed by atoms with van der Waals surface area (Å²) in [6.07, 6.45) is -5.21. The zero-order valence-electron chi connectivity index (χ0n) is 14.1. The molecular formula is C16H16F4N4O3. The van der Waals surface area contributed by atoms with E-state index in [9.17, 15) is 22.4 Å². The number of alkyl halides is 3. The van der Waals surface area contributed by atoms with Crippen LogP contribution in [0.1, 0.15) is 6.92 Å². The fraction of sp³-hybridized carbons (Fsp3) is 0.312. The van der Waals surface area contributed by atoms with Gasteiger partial charge in [0.05, 0.1) is 18.9 Å². The summed E-state index contributed by atoms with van der Waals surface area (Å²) in [5.41, 5.74) is 0. The minimum atomic E-state index is -4.83. The Hall–Kier alpha value is -2.95. The predicted molar refractivity (Wildman–Crippen MR) is 86.8 cm³/mol. The maximum absolute atomic E-state index is 13.1. The Morgan fingerprint density at radius 2 is 2.07 bits per heavy atom. The summed E-state index contributed by atoms with van der Waals surface area (Å²) >= 11 is 0. The van der Waals surface area contributed by atoms with Crippen LogP contribution in [0.15, 0.2) is 36.7 Å². The van der Waals surface area contributed by atoms with Gasteiger partial charge in [0.1, 0.15) is 11.6 Å². The summed E-state index contributed by atoms with van der Waals surface area (Å²) in [7, 11) is 0. The maximum Gasteiger partial charge on any atom is 0.416 e. The summed E-state index contributed by atoms with van der Waals surface area (Å²) < 4.78 is 55.6. The molecule has 1 heterocycles. The Labute approximate surface area is 151 Å². The van der Waals surface area contributed by atoms with Crippen LogP contribution in [0.5, 0.6) is 11.6 Å². The van der Waals surface area contributed by atoms with E-state index in [-0.39, 0.29) is 24.0 Å². The first-order chi connectivity index (χ1) is 12.7. The summed E-state index contributed by atoms with van der Waals surface area (Å²) in [5, 5.41) is 11.3. The molecule has 2 amide bonds. The first-order valence-corrected chi connectivity index (χ1v) is 7.75. The number of ether oxygens (including phenoxy) is 1. The lowest BCUT2D eigenvalue weighted by molar-refractivity contribution is -0.206. The van der Waals surface area contributed by atoms with Gasteiger partial charge in [-0.25, -0.2) is 19.2 Å². The van der Waals surface area contributed by atoms with Crippen molar-refractivity contribution in [2.45, 2.75) is 19.2 Å². The van der Waals surface area contributed by atoms with Gasteiger partial charge < -0.3 is 14.7 Å². The minimum absolute atomic E-state index is 0.0263. The third kappa shape index (κ3) is 6.06. The fourth-order valence-electron chi connectivity index (χ4n) is 1.94. The second-order valence-corrected chi connectivity index (χ2v) is 5.33. The second kappa shape index (κ2) is 8.62. The average Bonchev–Trinajstić information content (AvgIpc) is 2.60. The summed E-state index contributed by atoms with van der Waals surface area (Å²) in [6.45, 7) is 0.484. The van der Waals surface area contributed by atoms with Crippen LogP contribution in [0, 0.1) is 5.82 Å². The molecule has 0 bridgehead atoms. The van der Waals surface area contributed by atoms with E-state index in [1.54, 1.807) is 0 Å². The fourth-order valence-corrected chi connectivity index (χ4v) is 1.94. The molecule has 1 aromatic carbocycles. The van der Waals surface area contributed by atoms with Gasteiger partial charge in [0.2, 0.25) is 5.88 Å². The first-order valence-electron chi connectivity index (χ1n) is 7.75. The lowest BCUT2D eigenvalue weighted by Crippen LogP contribution is -2.45. The van der Waals surface area contributed by atoms with E-state index in [4.69, 9.17) is 9.84 Å². The third-order valence-electron chi connectivity index (χ3n) is 3.32. The quantitative estimate of drug-likeness (QED) is 0.743. The molecular weight excluding hydrogens is 372 g/mol. The highest BCUT2D eigenvalue weighted by Crippen LogP contribution is 2.22. The molecule has 146 valence electrons. The standard InChI is InChI=1S/C16H16F4N4O3/c1-2-24(9-12(25)16(18,19)20)15(26)23-13-7-22-14(8-21-13)27-11-5-3-4-10(17)6-11/h3-8,12,25H,2,9H2,1H3,(H,21,23,26)/t12-/m1/s1. The van der Waals surface area contributed by atoms with Gasteiger partial charge in [0.15, 0.2) is 11.9 Å². The SMILES string of the molecule is CCN(C[C@@H](O)C(F)(F)F)C(=O)Nc1cnc(Oc2cccc(F)c2)cn1. The molecule has 0 fully saturated rings. The molecule has 7 nitrogen and oxygen atoms in total. The summed E-state index contributed by atoms with van der Waals surface area (Å²) in [5.74, 6) is -0.311. The number of hydrogen-bond donors (Lipinski definition) is 2. The zero-order valence-corrected chi connectivity index (χ0v) is 14.1. The monoisotopic (exact) mass is 388 g/mol. The van der Waals surface area contributed by atoms with Gasteiger partial charge in [0, 0.05) is 12.6 Å². The number of nitrogens with one attached hydrogen (secondary N) is 1. The van der Waals surface area contributed by atoms with E-state index < -0.39 is 30.7 Å². The number of rotatable bonds is 6. The molecule has 0 unspecified atom stereocenters. The van der Waals surface area contributed by atoms with E-state index in [1.165, 1.54) is 25.1 Å². The van der Waals surface area contributed by atoms with Crippen LogP contribution in [0.25, 0.3) is 0 Å². The molecule has 11 heteroatoms. The molecule has 0 aliphatic carbocycles. The number of aliphatic hydroxyl groups excluding tert-OH is 1. The molecule has 0 saturated carbocycles. The van der Waals surface area contributed by atoms with Gasteiger partial charge >= 0.3 is 12.2 Å². The summed E-state index contributed by atoms with van der Waals surface area (Å²) in [6, 6.07) is 4.45. The van der Waals surface area contributed by atoms with Crippen molar-refractivity contribution in [3.63, 3.8) is 0 Å². The number of halogens is 4. The average molecular weight is 388 g/mol. The number of urea groups is 1. The lowest BCUT2D eigenvalue weighted by atomic mass is 10.3. The van der Waals surface area contributed by atoms with Crippen LogP contribution in [0.2, 0.25) is 0 Å². The van der Waals surface area contributed by atoms with Crippen LogP contribution in [0.4, 0.5) is 28.2 Å². The normalized spacial score (nSPS) is 12.4. The van der Waals surface area contributed by atoms with Crippen molar-refractivity contribution in [3.05, 3.63) is 42.5 Å². The molecule has 2 rings (SSSR count). The van der Waals surface area contributed by atoms with Gasteiger partial charge in [0.25, 0.3) is 0 Å². The van der Waals surface area contributed by atoms with Crippen LogP contribution in [-0.2, 0) is 0 Å². The van der Waals surface area contributed by atoms with Crippen molar-refractivity contribution in [2.24, 2.45) is 0 Å². The van der Waals surface area contributed by atoms with Crippen LogP contribution in [-0.4, -0.2) is 51.4 Å². The van der Waals surface area contributed by atoms with Crippen molar-refractivity contribution in [2.75, 3.05) is 18.4 Å². The Bertz CT molecular complexity index is 771.